The molecule has 14 heteroatoms. The van der Waals surface area contributed by atoms with Gasteiger partial charge in [-0.1, -0.05) is 13.8 Å². The minimum absolute atomic E-state index is 0.0412. The number of likely N-dealkylation sites (N-methyl/N-ethyl adjacent to an activating group) is 1. The summed E-state index contributed by atoms with van der Waals surface area (Å²) < 4.78 is 20.1. The van der Waals surface area contributed by atoms with E-state index in [0.29, 0.717) is 51.8 Å². The third-order valence-electron chi connectivity index (χ3n) is 8.55. The second kappa shape index (κ2) is 15.8. The Morgan fingerprint density at radius 3 is 2.33 bits per heavy atom. The number of nitrogens with two attached hydrogens (primary N) is 1. The molecule has 1 unspecified atom stereocenters. The van der Waals surface area contributed by atoms with Gasteiger partial charge in [0.05, 0.1) is 16.8 Å². The van der Waals surface area contributed by atoms with E-state index in [2.05, 4.69) is 15.2 Å². The lowest BCUT2D eigenvalue weighted by atomic mass is 9.93. The van der Waals surface area contributed by atoms with Gasteiger partial charge in [0.15, 0.2) is 0 Å². The fourth-order valence-electron chi connectivity index (χ4n) is 5.78. The molecular formula is C35H49FN6O7. The number of unbranched alkanes of at least 4 members (excludes halogenated alkanes) is 1. The molecule has 0 saturated carbocycles. The van der Waals surface area contributed by atoms with Crippen LogP contribution in [0.3, 0.4) is 0 Å². The van der Waals surface area contributed by atoms with E-state index >= 15 is 0 Å². The SMILES string of the molecule is CCN(CC)CCNC(=O)c1c(C)[nH]c(C=C2C(=O)N(C(=O)N(C(=O)OC(C)(C)C)C(C)(CCCCN)C(=O)O)c3ccc(F)cc32)c1C. The van der Waals surface area contributed by atoms with Crippen LogP contribution in [0.25, 0.3) is 11.6 Å². The lowest BCUT2D eigenvalue weighted by molar-refractivity contribution is -0.149. The summed E-state index contributed by atoms with van der Waals surface area (Å²) in [5.41, 5.74) is 4.06. The molecule has 1 aromatic carbocycles. The molecule has 5 N–H and O–H groups in total. The van der Waals surface area contributed by atoms with Crippen molar-refractivity contribution in [3.8, 4) is 0 Å². The number of carboxylic acid groups (broad SMARTS) is 1. The monoisotopic (exact) mass is 684 g/mol. The molecule has 1 aliphatic heterocycles. The van der Waals surface area contributed by atoms with Gasteiger partial charge in [0, 0.05) is 30.0 Å². The number of fused-ring (bicyclic) bond motifs is 1. The van der Waals surface area contributed by atoms with Gasteiger partial charge in [-0.25, -0.2) is 28.6 Å². The molecule has 2 heterocycles. The number of carboxylic acids is 1. The second-order valence-corrected chi connectivity index (χ2v) is 13.2. The minimum Gasteiger partial charge on any atom is -0.479 e. The summed E-state index contributed by atoms with van der Waals surface area (Å²) in [6.07, 6.45) is 0.645. The van der Waals surface area contributed by atoms with Gasteiger partial charge >= 0.3 is 18.1 Å². The van der Waals surface area contributed by atoms with E-state index in [0.717, 1.165) is 25.2 Å². The molecule has 3 rings (SSSR count). The molecule has 1 aliphatic rings. The maximum Gasteiger partial charge on any atom is 0.419 e. The Balaban J connectivity index is 2.11. The number of halogens is 1. The van der Waals surface area contributed by atoms with Crippen LogP contribution in [0.2, 0.25) is 0 Å². The molecular weight excluding hydrogens is 635 g/mol. The summed E-state index contributed by atoms with van der Waals surface area (Å²) in [4.78, 5) is 74.5. The number of rotatable bonds is 13. The van der Waals surface area contributed by atoms with Crippen molar-refractivity contribution < 1.29 is 38.2 Å². The Bertz CT molecular complexity index is 1620. The number of aliphatic carboxylic acids is 1. The smallest absolute Gasteiger partial charge is 0.419 e. The zero-order valence-corrected chi connectivity index (χ0v) is 29.7. The van der Waals surface area contributed by atoms with Crippen molar-refractivity contribution in [3.05, 3.63) is 52.1 Å². The van der Waals surface area contributed by atoms with Crippen LogP contribution < -0.4 is 16.0 Å². The number of aryl methyl sites for hydroxylation is 1. The van der Waals surface area contributed by atoms with Gasteiger partial charge in [0.25, 0.3) is 11.8 Å². The predicted molar refractivity (Wildman–Crippen MR) is 185 cm³/mol. The summed E-state index contributed by atoms with van der Waals surface area (Å²) in [6, 6.07) is 2.06. The maximum absolute atomic E-state index is 14.7. The van der Waals surface area contributed by atoms with Crippen molar-refractivity contribution in [2.24, 2.45) is 5.73 Å². The third kappa shape index (κ3) is 8.54. The number of ether oxygens (including phenoxy) is 1. The molecule has 2 aromatic rings. The Labute approximate surface area is 286 Å². The van der Waals surface area contributed by atoms with E-state index in [9.17, 15) is 33.5 Å². The van der Waals surface area contributed by atoms with Crippen LogP contribution in [0.1, 0.15) is 93.7 Å². The van der Waals surface area contributed by atoms with Gasteiger partial charge in [-0.2, -0.15) is 0 Å². The summed E-state index contributed by atoms with van der Waals surface area (Å²) in [7, 11) is 0. The third-order valence-corrected chi connectivity index (χ3v) is 8.55. The number of H-pyrrole nitrogens is 1. The van der Waals surface area contributed by atoms with Crippen LogP contribution in [-0.2, 0) is 14.3 Å². The fraction of sp³-hybridized carbons (Fsp3) is 0.514. The molecule has 49 heavy (non-hydrogen) atoms. The van der Waals surface area contributed by atoms with E-state index in [-0.39, 0.29) is 42.1 Å². The highest BCUT2D eigenvalue weighted by Crippen LogP contribution is 2.41. The normalized spacial score (nSPS) is 15.0. The van der Waals surface area contributed by atoms with E-state index < -0.39 is 41.0 Å². The molecule has 0 saturated heterocycles. The highest BCUT2D eigenvalue weighted by molar-refractivity contribution is 6.42. The number of urea groups is 1. The Hall–Kier alpha value is -4.56. The van der Waals surface area contributed by atoms with Gasteiger partial charge in [0.2, 0.25) is 0 Å². The highest BCUT2D eigenvalue weighted by Gasteiger charge is 2.52. The highest BCUT2D eigenvalue weighted by atomic mass is 19.1. The first-order chi connectivity index (χ1) is 22.9. The first kappa shape index (κ1) is 38.9. The Kier molecular flexibility index (Phi) is 12.5. The van der Waals surface area contributed by atoms with Crippen LogP contribution in [0.15, 0.2) is 18.2 Å². The Morgan fingerprint density at radius 1 is 1.10 bits per heavy atom. The average molecular weight is 685 g/mol. The lowest BCUT2D eigenvalue weighted by Crippen LogP contribution is -2.62. The van der Waals surface area contributed by atoms with E-state index in [4.69, 9.17) is 10.5 Å². The minimum atomic E-state index is -2.14. The summed E-state index contributed by atoms with van der Waals surface area (Å²) in [5, 5.41) is 13.3. The van der Waals surface area contributed by atoms with Crippen molar-refractivity contribution in [1.29, 1.82) is 0 Å². The molecule has 0 fully saturated rings. The number of benzene rings is 1. The molecule has 0 aliphatic carbocycles. The van der Waals surface area contributed by atoms with Crippen LogP contribution in [0, 0.1) is 19.7 Å². The number of hydrogen-bond acceptors (Lipinski definition) is 8. The summed E-state index contributed by atoms with van der Waals surface area (Å²) >= 11 is 0. The number of aromatic amines is 1. The second-order valence-electron chi connectivity index (χ2n) is 13.2. The van der Waals surface area contributed by atoms with Gasteiger partial charge in [-0.05, 0) is 110 Å². The largest absolute Gasteiger partial charge is 0.479 e. The Morgan fingerprint density at radius 2 is 1.76 bits per heavy atom. The zero-order chi connectivity index (χ0) is 36.8. The molecule has 1 aromatic heterocycles. The molecule has 0 radical (unpaired) electrons. The first-order valence-electron chi connectivity index (χ1n) is 16.5. The maximum atomic E-state index is 14.7. The number of nitrogens with one attached hydrogen (secondary N) is 2. The van der Waals surface area contributed by atoms with Gasteiger partial charge in [0.1, 0.15) is 17.0 Å². The zero-order valence-electron chi connectivity index (χ0n) is 29.7. The average Bonchev–Trinajstić information content (AvgIpc) is 3.44. The molecule has 5 amide bonds. The van der Waals surface area contributed by atoms with Crippen molar-refractivity contribution in [3.63, 3.8) is 0 Å². The van der Waals surface area contributed by atoms with Crippen LogP contribution in [0.4, 0.5) is 19.7 Å². The number of carbonyl (C=O) groups is 5. The molecule has 0 spiro atoms. The molecule has 0 bridgehead atoms. The molecule has 13 nitrogen and oxygen atoms in total. The first-order valence-corrected chi connectivity index (χ1v) is 16.5. The standard InChI is InChI=1S/C35H49FN6O7/c1-9-40(10-2)18-17-38-29(43)28-21(3)26(39-22(28)4)20-25-24-19-23(36)13-14-27(24)41(30(25)44)32(47)42(33(48)49-34(5,6)7)35(8,31(45)46)15-11-12-16-37/h13-14,19-20,39H,9-12,15-18,37H2,1-8H3,(H,38,43)(H,45,46). The number of nitrogens with zero attached hydrogens (tertiary/aromatic N) is 3. The van der Waals surface area contributed by atoms with Gasteiger partial charge in [-0.15, -0.1) is 0 Å². The number of carbonyl (C=O) groups excluding carboxylic acids is 4. The predicted octanol–water partition coefficient (Wildman–Crippen LogP) is 5.06. The summed E-state index contributed by atoms with van der Waals surface area (Å²) in [5.74, 6) is -3.42. The fourth-order valence-corrected chi connectivity index (χ4v) is 5.78. The van der Waals surface area contributed by atoms with Crippen molar-refractivity contribution in [1.82, 2.24) is 20.1 Å². The number of imide groups is 2. The number of amides is 5. The molecule has 268 valence electrons. The number of aromatic nitrogens is 1. The van der Waals surface area contributed by atoms with Crippen LogP contribution >= 0.6 is 0 Å². The molecule has 1 atom stereocenters. The quantitative estimate of drug-likeness (QED) is 0.166. The van der Waals surface area contributed by atoms with E-state index in [1.54, 1.807) is 34.6 Å². The number of anilines is 1. The van der Waals surface area contributed by atoms with Gasteiger partial charge < -0.3 is 30.8 Å². The van der Waals surface area contributed by atoms with Crippen LogP contribution in [0.5, 0.6) is 0 Å². The number of hydrogen-bond donors (Lipinski definition) is 4. The van der Waals surface area contributed by atoms with Crippen LogP contribution in [-0.4, -0.2) is 93.7 Å². The topological polar surface area (TPSA) is 178 Å². The van der Waals surface area contributed by atoms with Crippen molar-refractivity contribution in [2.75, 3.05) is 37.6 Å². The van der Waals surface area contributed by atoms with Crippen molar-refractivity contribution in [2.45, 2.75) is 85.8 Å². The summed E-state index contributed by atoms with van der Waals surface area (Å²) in [6.45, 7) is 16.4. The van der Waals surface area contributed by atoms with E-state index in [1.807, 2.05) is 13.8 Å². The van der Waals surface area contributed by atoms with Gasteiger partial charge in [-0.3, -0.25) is 9.59 Å². The lowest BCUT2D eigenvalue weighted by Gasteiger charge is -2.38. The van der Waals surface area contributed by atoms with E-state index in [1.165, 1.54) is 19.1 Å². The van der Waals surface area contributed by atoms with Crippen molar-refractivity contribution >= 4 is 47.2 Å².